The summed E-state index contributed by atoms with van der Waals surface area (Å²) in [7, 11) is -1.90. The van der Waals surface area contributed by atoms with Crippen molar-refractivity contribution in [1.82, 2.24) is 9.29 Å². The van der Waals surface area contributed by atoms with Crippen LogP contribution in [0, 0.1) is 0 Å². The number of thioether (sulfide) groups is 1. The Kier molecular flexibility index (Phi) is 4.85. The summed E-state index contributed by atoms with van der Waals surface area (Å²) in [5.41, 5.74) is 7.10. The van der Waals surface area contributed by atoms with Gasteiger partial charge < -0.3 is 10.7 Å². The first kappa shape index (κ1) is 16.2. The molecule has 1 atom stereocenters. The van der Waals surface area contributed by atoms with Gasteiger partial charge in [0.15, 0.2) is 0 Å². The molecule has 0 aliphatic carbocycles. The lowest BCUT2D eigenvalue weighted by Crippen LogP contribution is -2.38. The Labute approximate surface area is 129 Å². The van der Waals surface area contributed by atoms with E-state index in [-0.39, 0.29) is 10.9 Å². The van der Waals surface area contributed by atoms with Gasteiger partial charge in [-0.25, -0.2) is 8.42 Å². The zero-order valence-corrected chi connectivity index (χ0v) is 14.1. The third-order valence-corrected chi connectivity index (χ3v) is 6.34. The second kappa shape index (κ2) is 6.29. The average Bonchev–Trinajstić information content (AvgIpc) is 2.87. The van der Waals surface area contributed by atoms with E-state index in [2.05, 4.69) is 4.98 Å². The largest absolute Gasteiger partial charge is 0.399 e. The van der Waals surface area contributed by atoms with Gasteiger partial charge in [-0.05, 0) is 30.9 Å². The summed E-state index contributed by atoms with van der Waals surface area (Å²) in [5, 5.41) is 0.640. The molecule has 0 bridgehead atoms. The summed E-state index contributed by atoms with van der Waals surface area (Å²) in [6.45, 7) is 2.00. The van der Waals surface area contributed by atoms with E-state index in [0.29, 0.717) is 11.1 Å². The molecule has 0 aliphatic heterocycles. The smallest absolute Gasteiger partial charge is 0.245 e. The lowest BCUT2D eigenvalue weighted by Gasteiger charge is -2.25. The number of sulfonamides is 1. The van der Waals surface area contributed by atoms with Gasteiger partial charge in [0.25, 0.3) is 0 Å². The van der Waals surface area contributed by atoms with Crippen LogP contribution in [0.3, 0.4) is 0 Å². The van der Waals surface area contributed by atoms with Crippen LogP contribution >= 0.6 is 11.8 Å². The summed E-state index contributed by atoms with van der Waals surface area (Å²) < 4.78 is 27.2. The molecule has 1 unspecified atom stereocenters. The van der Waals surface area contributed by atoms with Crippen LogP contribution < -0.4 is 5.73 Å². The van der Waals surface area contributed by atoms with Crippen LogP contribution in [0.5, 0.6) is 0 Å². The van der Waals surface area contributed by atoms with Crippen molar-refractivity contribution >= 4 is 38.4 Å². The quantitative estimate of drug-likeness (QED) is 0.799. The van der Waals surface area contributed by atoms with Gasteiger partial charge in [0.05, 0.1) is 0 Å². The maximum Gasteiger partial charge on any atom is 0.245 e. The van der Waals surface area contributed by atoms with Gasteiger partial charge in [0, 0.05) is 41.6 Å². The molecule has 3 N–H and O–H groups in total. The number of aromatic amines is 1. The molecule has 1 heterocycles. The monoisotopic (exact) mass is 327 g/mol. The van der Waals surface area contributed by atoms with Gasteiger partial charge in [0.1, 0.15) is 4.90 Å². The van der Waals surface area contributed by atoms with Gasteiger partial charge in [0.2, 0.25) is 10.0 Å². The third kappa shape index (κ3) is 3.04. The highest BCUT2D eigenvalue weighted by Gasteiger charge is 2.29. The average molecular weight is 327 g/mol. The molecule has 0 radical (unpaired) electrons. The molecule has 0 saturated carbocycles. The Morgan fingerprint density at radius 3 is 2.76 bits per heavy atom. The maximum atomic E-state index is 12.8. The lowest BCUT2D eigenvalue weighted by atomic mass is 10.2. The van der Waals surface area contributed by atoms with Gasteiger partial charge in [-0.15, -0.1) is 0 Å². The number of fused-ring (bicyclic) bond motifs is 1. The van der Waals surface area contributed by atoms with Crippen LogP contribution in [0.2, 0.25) is 0 Å². The first-order chi connectivity index (χ1) is 9.91. The lowest BCUT2D eigenvalue weighted by molar-refractivity contribution is 0.386. The second-order valence-electron chi connectivity index (χ2n) is 5.00. The summed E-state index contributed by atoms with van der Waals surface area (Å²) in [6, 6.07) is 5.22. The highest BCUT2D eigenvalue weighted by atomic mass is 32.2. The number of H-pyrrole nitrogens is 1. The number of anilines is 1. The number of nitrogens with one attached hydrogen (secondary N) is 1. The topological polar surface area (TPSA) is 79.2 Å². The molecule has 21 heavy (non-hydrogen) atoms. The number of rotatable bonds is 6. The SMILES string of the molecule is CCC(CSC)N(C)S(=O)(=O)c1c[nH]c2ccc(N)cc12. The van der Waals surface area contributed by atoms with Crippen molar-refractivity contribution in [3.63, 3.8) is 0 Å². The van der Waals surface area contributed by atoms with Gasteiger partial charge in [-0.1, -0.05) is 6.92 Å². The summed E-state index contributed by atoms with van der Waals surface area (Å²) in [4.78, 5) is 3.28. The number of hydrogen-bond donors (Lipinski definition) is 2. The molecule has 1 aromatic carbocycles. The zero-order chi connectivity index (χ0) is 15.6. The maximum absolute atomic E-state index is 12.8. The Bertz CT molecular complexity index is 725. The van der Waals surface area contributed by atoms with E-state index in [1.165, 1.54) is 4.31 Å². The van der Waals surface area contributed by atoms with Crippen LogP contribution in [0.1, 0.15) is 13.3 Å². The molecule has 0 amide bonds. The predicted octanol–water partition coefficient (Wildman–Crippen LogP) is 2.51. The fraction of sp³-hybridized carbons (Fsp3) is 0.429. The standard InChI is InChI=1S/C14H21N3O2S2/c1-4-11(9-20-3)17(2)21(18,19)14-8-16-13-6-5-10(15)7-12(13)14/h5-8,11,16H,4,9,15H2,1-3H3. The Hall–Kier alpha value is -1.18. The van der Waals surface area contributed by atoms with Crippen molar-refractivity contribution in [2.24, 2.45) is 0 Å². The van der Waals surface area contributed by atoms with Crippen molar-refractivity contribution < 1.29 is 8.42 Å². The highest BCUT2D eigenvalue weighted by molar-refractivity contribution is 7.98. The third-order valence-electron chi connectivity index (χ3n) is 3.67. The molecule has 116 valence electrons. The zero-order valence-electron chi connectivity index (χ0n) is 12.5. The van der Waals surface area contributed by atoms with Crippen molar-refractivity contribution in [2.45, 2.75) is 24.3 Å². The molecule has 1 aromatic heterocycles. The fourth-order valence-electron chi connectivity index (χ4n) is 2.35. The van der Waals surface area contributed by atoms with Crippen LogP contribution in [0.15, 0.2) is 29.3 Å². The van der Waals surface area contributed by atoms with Crippen LogP contribution in [-0.2, 0) is 10.0 Å². The van der Waals surface area contributed by atoms with Crippen molar-refractivity contribution in [2.75, 3.05) is 24.8 Å². The Morgan fingerprint density at radius 2 is 2.14 bits per heavy atom. The van der Waals surface area contributed by atoms with Gasteiger partial charge in [-0.2, -0.15) is 16.1 Å². The molecule has 0 spiro atoms. The minimum atomic E-state index is -3.54. The van der Waals surface area contributed by atoms with Gasteiger partial charge >= 0.3 is 0 Å². The van der Waals surface area contributed by atoms with E-state index in [1.807, 2.05) is 13.2 Å². The molecule has 5 nitrogen and oxygen atoms in total. The van der Waals surface area contributed by atoms with E-state index in [1.54, 1.807) is 43.2 Å². The number of aromatic nitrogens is 1. The molecule has 0 aliphatic rings. The van der Waals surface area contributed by atoms with E-state index in [0.717, 1.165) is 17.7 Å². The Balaban J connectivity index is 2.48. The van der Waals surface area contributed by atoms with Crippen molar-refractivity contribution in [3.8, 4) is 0 Å². The molecular formula is C14H21N3O2S2. The number of nitrogen functional groups attached to an aromatic ring is 1. The minimum absolute atomic E-state index is 0.0176. The summed E-state index contributed by atoms with van der Waals surface area (Å²) >= 11 is 1.65. The molecule has 2 rings (SSSR count). The molecular weight excluding hydrogens is 306 g/mol. The Morgan fingerprint density at radius 1 is 1.43 bits per heavy atom. The van der Waals surface area contributed by atoms with E-state index in [9.17, 15) is 8.42 Å². The minimum Gasteiger partial charge on any atom is -0.399 e. The number of benzene rings is 1. The molecule has 7 heteroatoms. The number of nitrogens with two attached hydrogens (primary N) is 1. The van der Waals surface area contributed by atoms with Gasteiger partial charge in [-0.3, -0.25) is 0 Å². The molecule has 2 aromatic rings. The van der Waals surface area contributed by atoms with Crippen LogP contribution in [0.25, 0.3) is 10.9 Å². The highest BCUT2D eigenvalue weighted by Crippen LogP contribution is 2.28. The normalized spacial score (nSPS) is 13.9. The van der Waals surface area contributed by atoms with Crippen molar-refractivity contribution in [3.05, 3.63) is 24.4 Å². The van der Waals surface area contributed by atoms with E-state index in [4.69, 9.17) is 5.73 Å². The van der Waals surface area contributed by atoms with E-state index >= 15 is 0 Å². The number of hydrogen-bond acceptors (Lipinski definition) is 4. The van der Waals surface area contributed by atoms with Crippen molar-refractivity contribution in [1.29, 1.82) is 0 Å². The summed E-state index contributed by atoms with van der Waals surface area (Å²) in [6.07, 6.45) is 4.30. The summed E-state index contributed by atoms with van der Waals surface area (Å²) in [5.74, 6) is 0.775. The first-order valence-corrected chi connectivity index (χ1v) is 9.58. The van der Waals surface area contributed by atoms with E-state index < -0.39 is 10.0 Å². The predicted molar refractivity (Wildman–Crippen MR) is 90.1 cm³/mol. The fourth-order valence-corrected chi connectivity index (χ4v) is 4.87. The molecule has 0 saturated heterocycles. The second-order valence-corrected chi connectivity index (χ2v) is 7.87. The van der Waals surface area contributed by atoms with Crippen LogP contribution in [-0.4, -0.2) is 42.8 Å². The number of nitrogens with zero attached hydrogens (tertiary/aromatic N) is 1. The first-order valence-electron chi connectivity index (χ1n) is 6.75. The molecule has 0 fully saturated rings. The van der Waals surface area contributed by atoms with Crippen LogP contribution in [0.4, 0.5) is 5.69 Å².